The highest BCUT2D eigenvalue weighted by Gasteiger charge is 2.13. The van der Waals surface area contributed by atoms with E-state index in [2.05, 4.69) is 69.0 Å². The van der Waals surface area contributed by atoms with Crippen molar-refractivity contribution >= 4 is 43.5 Å². The van der Waals surface area contributed by atoms with E-state index in [1.165, 1.54) is 10.8 Å². The van der Waals surface area contributed by atoms with E-state index >= 15 is 0 Å². The molecule has 0 N–H and O–H groups in total. The van der Waals surface area contributed by atoms with Gasteiger partial charge in [-0.05, 0) is 60.7 Å². The molecule has 5 rings (SSSR count). The first-order valence-electron chi connectivity index (χ1n) is 9.11. The second-order valence-electron chi connectivity index (χ2n) is 6.75. The Bertz CT molecular complexity index is 1260. The van der Waals surface area contributed by atoms with Crippen LogP contribution in [0.4, 0.5) is 0 Å². The first kappa shape index (κ1) is 17.0. The van der Waals surface area contributed by atoms with Gasteiger partial charge in [-0.3, -0.25) is 4.79 Å². The Morgan fingerprint density at radius 3 is 1.61 bits per heavy atom. The molecule has 3 heteroatoms. The summed E-state index contributed by atoms with van der Waals surface area (Å²) in [7, 11) is 0. The van der Waals surface area contributed by atoms with Crippen LogP contribution in [0.1, 0.15) is 15.9 Å². The lowest BCUT2D eigenvalue weighted by Gasteiger charge is -2.09. The van der Waals surface area contributed by atoms with E-state index in [1.807, 2.05) is 48.5 Å². The predicted molar refractivity (Wildman–Crippen MR) is 118 cm³/mol. The van der Waals surface area contributed by atoms with Crippen LogP contribution in [0, 0.1) is 0 Å². The van der Waals surface area contributed by atoms with Gasteiger partial charge in [0, 0.05) is 32.1 Å². The molecule has 1 aromatic heterocycles. The van der Waals surface area contributed by atoms with Crippen LogP contribution in [0.3, 0.4) is 0 Å². The van der Waals surface area contributed by atoms with E-state index in [-0.39, 0.29) is 5.78 Å². The van der Waals surface area contributed by atoms with E-state index < -0.39 is 0 Å². The van der Waals surface area contributed by atoms with Crippen molar-refractivity contribution < 1.29 is 4.79 Å². The number of carbonyl (C=O) groups is 1. The van der Waals surface area contributed by atoms with Crippen LogP contribution in [0.15, 0.2) is 102 Å². The van der Waals surface area contributed by atoms with Gasteiger partial charge in [0.2, 0.25) is 0 Å². The molecule has 134 valence electrons. The molecule has 0 spiro atoms. The average Bonchev–Trinajstić information content (AvgIpc) is 3.08. The fourth-order valence-electron chi connectivity index (χ4n) is 3.73. The summed E-state index contributed by atoms with van der Waals surface area (Å²) in [6.45, 7) is 0. The Morgan fingerprint density at radius 2 is 1.07 bits per heavy atom. The topological polar surface area (TPSA) is 22.0 Å². The number of carbonyl (C=O) groups excluding carboxylic acids is 1. The van der Waals surface area contributed by atoms with Crippen LogP contribution in [0.2, 0.25) is 0 Å². The zero-order valence-corrected chi connectivity index (χ0v) is 16.6. The average molecular weight is 426 g/mol. The summed E-state index contributed by atoms with van der Waals surface area (Å²) >= 11 is 3.41. The molecule has 0 aliphatic rings. The molecule has 5 aromatic rings. The molecule has 0 saturated carbocycles. The minimum atomic E-state index is 0.0290. The maximum absolute atomic E-state index is 12.8. The third-order valence-corrected chi connectivity index (χ3v) is 5.60. The summed E-state index contributed by atoms with van der Waals surface area (Å²) in [4.78, 5) is 12.8. The molecule has 2 nitrogen and oxygen atoms in total. The second-order valence-corrected chi connectivity index (χ2v) is 7.67. The Morgan fingerprint density at radius 1 is 0.607 bits per heavy atom. The van der Waals surface area contributed by atoms with Gasteiger partial charge in [-0.1, -0.05) is 52.3 Å². The van der Waals surface area contributed by atoms with Gasteiger partial charge >= 0.3 is 0 Å². The summed E-state index contributed by atoms with van der Waals surface area (Å²) in [5.41, 5.74) is 4.75. The number of benzene rings is 4. The van der Waals surface area contributed by atoms with Crippen LogP contribution >= 0.6 is 15.9 Å². The van der Waals surface area contributed by atoms with Crippen molar-refractivity contribution in [2.45, 2.75) is 0 Å². The molecule has 0 bridgehead atoms. The van der Waals surface area contributed by atoms with Crippen molar-refractivity contribution in [3.8, 4) is 5.69 Å². The van der Waals surface area contributed by atoms with Crippen LogP contribution in [0.5, 0.6) is 0 Å². The van der Waals surface area contributed by atoms with Crippen LogP contribution in [-0.4, -0.2) is 10.4 Å². The molecule has 0 saturated heterocycles. The monoisotopic (exact) mass is 425 g/mol. The third-order valence-electron chi connectivity index (χ3n) is 5.07. The number of ketones is 1. The number of halogens is 1. The Kier molecular flexibility index (Phi) is 4.10. The molecule has 0 aliphatic heterocycles. The summed E-state index contributed by atoms with van der Waals surface area (Å²) < 4.78 is 3.21. The number of rotatable bonds is 3. The number of nitrogens with zero attached hydrogens (tertiary/aromatic N) is 1. The van der Waals surface area contributed by atoms with Gasteiger partial charge in [0.15, 0.2) is 5.78 Å². The standard InChI is InChI=1S/C25H16BrNO/c26-19-13-9-17(10-14-19)25(28)18-11-15-20(16-12-18)27-23-7-3-1-5-21(23)22-6-2-4-8-24(22)27/h1-16H. The summed E-state index contributed by atoms with van der Waals surface area (Å²) in [6, 6.07) is 32.1. The zero-order valence-electron chi connectivity index (χ0n) is 15.0. The smallest absolute Gasteiger partial charge is 0.193 e. The first-order valence-corrected chi connectivity index (χ1v) is 9.90. The number of para-hydroxylation sites is 2. The highest BCUT2D eigenvalue weighted by molar-refractivity contribution is 9.10. The quantitative estimate of drug-likeness (QED) is 0.292. The molecule has 4 aromatic carbocycles. The Balaban J connectivity index is 1.61. The first-order chi connectivity index (χ1) is 13.7. The molecule has 1 heterocycles. The molecular weight excluding hydrogens is 410 g/mol. The number of hydrogen-bond acceptors (Lipinski definition) is 1. The summed E-state index contributed by atoms with van der Waals surface area (Å²) in [5.74, 6) is 0.0290. The molecule has 0 fully saturated rings. The Hall–Kier alpha value is -3.17. The van der Waals surface area contributed by atoms with Crippen LogP contribution in [0.25, 0.3) is 27.5 Å². The van der Waals surface area contributed by atoms with Gasteiger partial charge in [0.1, 0.15) is 0 Å². The SMILES string of the molecule is O=C(c1ccc(Br)cc1)c1ccc(-n2c3ccccc3c3ccccc32)cc1. The van der Waals surface area contributed by atoms with Crippen LogP contribution < -0.4 is 0 Å². The number of hydrogen-bond donors (Lipinski definition) is 0. The number of aromatic nitrogens is 1. The third kappa shape index (κ3) is 2.76. The normalized spacial score (nSPS) is 11.2. The van der Waals surface area contributed by atoms with E-state index in [0.29, 0.717) is 11.1 Å². The van der Waals surface area contributed by atoms with Crippen molar-refractivity contribution in [2.24, 2.45) is 0 Å². The van der Waals surface area contributed by atoms with Crippen LogP contribution in [-0.2, 0) is 0 Å². The van der Waals surface area contributed by atoms with E-state index in [9.17, 15) is 4.79 Å². The van der Waals surface area contributed by atoms with E-state index in [0.717, 1.165) is 21.2 Å². The molecule has 0 radical (unpaired) electrons. The maximum atomic E-state index is 12.8. The Labute approximate surface area is 171 Å². The minimum absolute atomic E-state index is 0.0290. The van der Waals surface area contributed by atoms with Crippen molar-refractivity contribution in [2.75, 3.05) is 0 Å². The summed E-state index contributed by atoms with van der Waals surface area (Å²) in [6.07, 6.45) is 0. The fraction of sp³-hybridized carbons (Fsp3) is 0. The number of fused-ring (bicyclic) bond motifs is 3. The molecule has 28 heavy (non-hydrogen) atoms. The van der Waals surface area contributed by atoms with Crippen molar-refractivity contribution in [3.63, 3.8) is 0 Å². The van der Waals surface area contributed by atoms with Gasteiger partial charge in [0.25, 0.3) is 0 Å². The molecular formula is C25H16BrNO. The van der Waals surface area contributed by atoms with Crippen molar-refractivity contribution in [1.82, 2.24) is 4.57 Å². The largest absolute Gasteiger partial charge is 0.309 e. The predicted octanol–water partition coefficient (Wildman–Crippen LogP) is 6.78. The lowest BCUT2D eigenvalue weighted by atomic mass is 10.0. The highest BCUT2D eigenvalue weighted by Crippen LogP contribution is 2.31. The molecule has 0 amide bonds. The lowest BCUT2D eigenvalue weighted by Crippen LogP contribution is -2.02. The summed E-state index contributed by atoms with van der Waals surface area (Å²) in [5, 5.41) is 2.46. The van der Waals surface area contributed by atoms with E-state index in [4.69, 9.17) is 0 Å². The van der Waals surface area contributed by atoms with E-state index in [1.54, 1.807) is 0 Å². The van der Waals surface area contributed by atoms with Crippen molar-refractivity contribution in [3.05, 3.63) is 113 Å². The van der Waals surface area contributed by atoms with Crippen molar-refractivity contribution in [1.29, 1.82) is 0 Å². The maximum Gasteiger partial charge on any atom is 0.193 e. The highest BCUT2D eigenvalue weighted by atomic mass is 79.9. The zero-order chi connectivity index (χ0) is 19.1. The van der Waals surface area contributed by atoms with Gasteiger partial charge in [-0.2, -0.15) is 0 Å². The van der Waals surface area contributed by atoms with Gasteiger partial charge < -0.3 is 4.57 Å². The lowest BCUT2D eigenvalue weighted by molar-refractivity contribution is 0.103. The van der Waals surface area contributed by atoms with Gasteiger partial charge in [0.05, 0.1) is 11.0 Å². The van der Waals surface area contributed by atoms with Gasteiger partial charge in [-0.15, -0.1) is 0 Å². The molecule has 0 atom stereocenters. The fourth-order valence-corrected chi connectivity index (χ4v) is 3.99. The molecule has 0 aliphatic carbocycles. The molecule has 0 unspecified atom stereocenters. The van der Waals surface area contributed by atoms with Gasteiger partial charge in [-0.25, -0.2) is 0 Å². The minimum Gasteiger partial charge on any atom is -0.309 e. The second kappa shape index (κ2) is 6.77.